The van der Waals surface area contributed by atoms with E-state index in [0.717, 1.165) is 11.5 Å². The average Bonchev–Trinajstić information content (AvgIpc) is 3.05. The van der Waals surface area contributed by atoms with Gasteiger partial charge < -0.3 is 15.0 Å². The second kappa shape index (κ2) is 8.09. The lowest BCUT2D eigenvalue weighted by molar-refractivity contribution is -0.145. The van der Waals surface area contributed by atoms with Gasteiger partial charge in [0.1, 0.15) is 5.82 Å². The normalized spacial score (nSPS) is 20.7. The predicted octanol–water partition coefficient (Wildman–Crippen LogP) is 0.654. The Bertz CT molecular complexity index is 761. The molecule has 3 rings (SSSR count). The highest BCUT2D eigenvalue weighted by molar-refractivity contribution is 5.80. The second-order valence-electron chi connectivity index (χ2n) is 6.66. The van der Waals surface area contributed by atoms with E-state index in [2.05, 4.69) is 15.3 Å². The third-order valence-corrected chi connectivity index (χ3v) is 4.70. The van der Waals surface area contributed by atoms with Gasteiger partial charge in [0.15, 0.2) is 0 Å². The minimum absolute atomic E-state index is 0.133. The molecule has 8 heteroatoms. The number of pyridine rings is 1. The lowest BCUT2D eigenvalue weighted by atomic mass is 9.88. The summed E-state index contributed by atoms with van der Waals surface area (Å²) >= 11 is 0. The number of aryl methyl sites for hydroxylation is 1. The predicted molar refractivity (Wildman–Crippen MR) is 93.8 cm³/mol. The molecule has 1 aliphatic heterocycles. The smallest absolute Gasteiger partial charge is 0.307 e. The van der Waals surface area contributed by atoms with E-state index in [1.54, 1.807) is 12.4 Å². The number of hydrogen-bond donors (Lipinski definition) is 2. The van der Waals surface area contributed by atoms with Crippen LogP contribution in [0.4, 0.5) is 0 Å². The number of piperidine rings is 1. The van der Waals surface area contributed by atoms with Crippen molar-refractivity contribution in [3.63, 3.8) is 0 Å². The van der Waals surface area contributed by atoms with E-state index in [1.165, 1.54) is 0 Å². The first-order valence-corrected chi connectivity index (χ1v) is 8.62. The van der Waals surface area contributed by atoms with E-state index in [-0.39, 0.29) is 11.8 Å². The number of carbonyl (C=O) groups is 2. The maximum absolute atomic E-state index is 12.6. The number of carbonyl (C=O) groups excluding carboxylic acids is 1. The fourth-order valence-corrected chi connectivity index (χ4v) is 3.26. The van der Waals surface area contributed by atoms with E-state index in [4.69, 9.17) is 0 Å². The van der Waals surface area contributed by atoms with Gasteiger partial charge in [0.25, 0.3) is 0 Å². The number of carboxylic acids is 1. The first-order chi connectivity index (χ1) is 12.5. The summed E-state index contributed by atoms with van der Waals surface area (Å²) in [6.45, 7) is 1.81. The van der Waals surface area contributed by atoms with Crippen molar-refractivity contribution in [2.45, 2.75) is 19.5 Å². The molecular weight excluding hydrogens is 334 g/mol. The van der Waals surface area contributed by atoms with Gasteiger partial charge >= 0.3 is 5.97 Å². The van der Waals surface area contributed by atoms with E-state index in [9.17, 15) is 14.7 Å². The number of hydrogen-bond acceptors (Lipinski definition) is 5. The minimum Gasteiger partial charge on any atom is -0.481 e. The zero-order valence-corrected chi connectivity index (χ0v) is 14.7. The van der Waals surface area contributed by atoms with Crippen molar-refractivity contribution in [1.29, 1.82) is 0 Å². The van der Waals surface area contributed by atoms with Gasteiger partial charge in [0.2, 0.25) is 5.91 Å². The standard InChI is InChI=1S/C18H23N5O3/c1-22-7-6-20-16(22)12-23-10-13(8-14(11-23)18(25)26)17(24)21-9-15-4-2-3-5-19-15/h2-7,13-14H,8-12H2,1H3,(H,21,24)(H,25,26)/t13-,14+/m0/s1. The van der Waals surface area contributed by atoms with Crippen LogP contribution in [-0.2, 0) is 29.7 Å². The molecular formula is C18H23N5O3. The third-order valence-electron chi connectivity index (χ3n) is 4.70. The molecule has 2 N–H and O–H groups in total. The van der Waals surface area contributed by atoms with E-state index >= 15 is 0 Å². The van der Waals surface area contributed by atoms with E-state index in [0.29, 0.717) is 32.6 Å². The largest absolute Gasteiger partial charge is 0.481 e. The lowest BCUT2D eigenvalue weighted by Crippen LogP contribution is -2.48. The van der Waals surface area contributed by atoms with Crippen molar-refractivity contribution in [1.82, 2.24) is 24.8 Å². The van der Waals surface area contributed by atoms with Crippen LogP contribution in [0.1, 0.15) is 17.9 Å². The van der Waals surface area contributed by atoms with Gasteiger partial charge in [-0.2, -0.15) is 0 Å². The van der Waals surface area contributed by atoms with Crippen LogP contribution in [0.3, 0.4) is 0 Å². The number of nitrogens with one attached hydrogen (secondary N) is 1. The zero-order valence-electron chi connectivity index (χ0n) is 14.7. The highest BCUT2D eigenvalue weighted by Crippen LogP contribution is 2.24. The molecule has 2 aromatic heterocycles. The molecule has 0 aromatic carbocycles. The zero-order chi connectivity index (χ0) is 18.5. The van der Waals surface area contributed by atoms with Crippen molar-refractivity contribution >= 4 is 11.9 Å². The summed E-state index contributed by atoms with van der Waals surface area (Å²) in [6, 6.07) is 5.53. The Labute approximate surface area is 151 Å². The number of nitrogens with zero attached hydrogens (tertiary/aromatic N) is 4. The monoisotopic (exact) mass is 357 g/mol. The van der Waals surface area contributed by atoms with Gasteiger partial charge in [-0.05, 0) is 18.6 Å². The number of imidazole rings is 1. The van der Waals surface area contributed by atoms with Crippen LogP contribution in [-0.4, -0.2) is 49.5 Å². The van der Waals surface area contributed by atoms with E-state index in [1.807, 2.05) is 40.9 Å². The number of amides is 1. The van der Waals surface area contributed by atoms with Crippen molar-refractivity contribution in [3.05, 3.63) is 48.3 Å². The van der Waals surface area contributed by atoms with Crippen LogP contribution in [0.5, 0.6) is 0 Å². The van der Waals surface area contributed by atoms with Crippen LogP contribution in [0, 0.1) is 11.8 Å². The van der Waals surface area contributed by atoms with Crippen LogP contribution < -0.4 is 5.32 Å². The first kappa shape index (κ1) is 18.1. The molecule has 0 aliphatic carbocycles. The van der Waals surface area contributed by atoms with Gasteiger partial charge in [-0.1, -0.05) is 6.07 Å². The van der Waals surface area contributed by atoms with Crippen molar-refractivity contribution in [2.75, 3.05) is 13.1 Å². The third kappa shape index (κ3) is 4.45. The van der Waals surface area contributed by atoms with Crippen molar-refractivity contribution in [2.24, 2.45) is 18.9 Å². The molecule has 8 nitrogen and oxygen atoms in total. The molecule has 2 aromatic rings. The molecule has 0 saturated carbocycles. The van der Waals surface area contributed by atoms with Gasteiger partial charge in [0, 0.05) is 38.7 Å². The summed E-state index contributed by atoms with van der Waals surface area (Å²) in [5.41, 5.74) is 0.774. The van der Waals surface area contributed by atoms with Gasteiger partial charge in [-0.25, -0.2) is 4.98 Å². The molecule has 3 heterocycles. The fourth-order valence-electron chi connectivity index (χ4n) is 3.26. The van der Waals surface area contributed by atoms with Gasteiger partial charge in [-0.3, -0.25) is 19.5 Å². The molecule has 1 amide bonds. The molecule has 26 heavy (non-hydrogen) atoms. The Hall–Kier alpha value is -2.74. The Balaban J connectivity index is 1.64. The van der Waals surface area contributed by atoms with Gasteiger partial charge in [0.05, 0.1) is 30.6 Å². The summed E-state index contributed by atoms with van der Waals surface area (Å²) < 4.78 is 1.90. The minimum atomic E-state index is -0.864. The maximum atomic E-state index is 12.6. The summed E-state index contributed by atoms with van der Waals surface area (Å²) in [4.78, 5) is 34.6. The Morgan fingerprint density at radius 1 is 1.23 bits per heavy atom. The maximum Gasteiger partial charge on any atom is 0.307 e. The topological polar surface area (TPSA) is 100 Å². The first-order valence-electron chi connectivity index (χ1n) is 8.62. The highest BCUT2D eigenvalue weighted by atomic mass is 16.4. The number of carboxylic acid groups (broad SMARTS) is 1. The summed E-state index contributed by atoms with van der Waals surface area (Å²) in [7, 11) is 1.90. The highest BCUT2D eigenvalue weighted by Gasteiger charge is 2.35. The number of aromatic nitrogens is 3. The lowest BCUT2D eigenvalue weighted by Gasteiger charge is -2.35. The number of aliphatic carboxylic acids is 1. The van der Waals surface area contributed by atoms with Crippen LogP contribution in [0.25, 0.3) is 0 Å². The molecule has 138 valence electrons. The summed E-state index contributed by atoms with van der Waals surface area (Å²) in [6.07, 6.45) is 5.59. The number of rotatable bonds is 6. The molecule has 0 bridgehead atoms. The molecule has 1 saturated heterocycles. The Kier molecular flexibility index (Phi) is 5.62. The molecule has 1 aliphatic rings. The van der Waals surface area contributed by atoms with Crippen LogP contribution >= 0.6 is 0 Å². The summed E-state index contributed by atoms with van der Waals surface area (Å²) in [5, 5.41) is 12.3. The van der Waals surface area contributed by atoms with Gasteiger partial charge in [-0.15, -0.1) is 0 Å². The van der Waals surface area contributed by atoms with E-state index < -0.39 is 11.9 Å². The quantitative estimate of drug-likeness (QED) is 0.787. The Morgan fingerprint density at radius 3 is 2.69 bits per heavy atom. The van der Waals surface area contributed by atoms with Crippen molar-refractivity contribution in [3.8, 4) is 0 Å². The summed E-state index contributed by atoms with van der Waals surface area (Å²) in [5.74, 6) is -1.07. The molecule has 2 atom stereocenters. The van der Waals surface area contributed by atoms with Crippen LogP contribution in [0.2, 0.25) is 0 Å². The molecule has 0 unspecified atom stereocenters. The van der Waals surface area contributed by atoms with Crippen LogP contribution in [0.15, 0.2) is 36.8 Å². The van der Waals surface area contributed by atoms with Crippen molar-refractivity contribution < 1.29 is 14.7 Å². The molecule has 0 radical (unpaired) electrons. The SMILES string of the molecule is Cn1ccnc1CN1C[C@H](C(=O)O)C[C@H](C(=O)NCc2ccccn2)C1. The fraction of sp³-hybridized carbons (Fsp3) is 0.444. The Morgan fingerprint density at radius 2 is 2.04 bits per heavy atom. The second-order valence-corrected chi connectivity index (χ2v) is 6.66. The molecule has 0 spiro atoms. The molecule has 1 fully saturated rings. The average molecular weight is 357 g/mol. The number of likely N-dealkylation sites (tertiary alicyclic amines) is 1.